The Balaban J connectivity index is 1.96. The van der Waals surface area contributed by atoms with Gasteiger partial charge in [0.25, 0.3) is 0 Å². The number of nitrogens with one attached hydrogen (secondary N) is 1. The Morgan fingerprint density at radius 3 is 2.80 bits per heavy atom. The van der Waals surface area contributed by atoms with Gasteiger partial charge in [-0.15, -0.1) is 0 Å². The fraction of sp³-hybridized carbons (Fsp3) is 0.857. The molecule has 1 fully saturated rings. The maximum absolute atomic E-state index is 9.69. The molecule has 0 aromatic rings. The molecule has 0 saturated heterocycles. The summed E-state index contributed by atoms with van der Waals surface area (Å²) in [6, 6.07) is 0. The Morgan fingerprint density at radius 2 is 2.20 bits per heavy atom. The van der Waals surface area contributed by atoms with Crippen LogP contribution in [0.4, 0.5) is 0 Å². The van der Waals surface area contributed by atoms with E-state index in [0.717, 1.165) is 12.5 Å². The summed E-state index contributed by atoms with van der Waals surface area (Å²) in [6.45, 7) is 1.24. The third kappa shape index (κ3) is 2.35. The lowest BCUT2D eigenvalue weighted by atomic mass is 10.1. The predicted octanol–water partition coefficient (Wildman–Crippen LogP) is 0.854. The zero-order valence-corrected chi connectivity index (χ0v) is 6.01. The van der Waals surface area contributed by atoms with Gasteiger partial charge in [-0.1, -0.05) is 12.8 Å². The second-order valence-electron chi connectivity index (χ2n) is 2.71. The Hall–Kier alpha value is -0.570. The van der Waals surface area contributed by atoms with Crippen LogP contribution in [-0.4, -0.2) is 13.0 Å². The summed E-state index contributed by atoms with van der Waals surface area (Å²) in [4.78, 5) is 14.1. The molecular formula is C7H13NO2. The molecule has 0 aromatic heterocycles. The Labute approximate surface area is 60.7 Å². The quantitative estimate of drug-likeness (QED) is 0.360. The molecule has 0 spiro atoms. The van der Waals surface area contributed by atoms with Gasteiger partial charge in [-0.2, -0.15) is 5.48 Å². The van der Waals surface area contributed by atoms with E-state index >= 15 is 0 Å². The van der Waals surface area contributed by atoms with Gasteiger partial charge < -0.3 is 4.84 Å². The van der Waals surface area contributed by atoms with Crippen molar-refractivity contribution in [2.24, 2.45) is 5.92 Å². The van der Waals surface area contributed by atoms with Crippen molar-refractivity contribution in [3.63, 3.8) is 0 Å². The molecule has 10 heavy (non-hydrogen) atoms. The topological polar surface area (TPSA) is 38.3 Å². The van der Waals surface area contributed by atoms with Gasteiger partial charge in [0.2, 0.25) is 0 Å². The third-order valence-electron chi connectivity index (χ3n) is 1.98. The van der Waals surface area contributed by atoms with Crippen LogP contribution in [0.2, 0.25) is 0 Å². The van der Waals surface area contributed by atoms with Crippen molar-refractivity contribution in [2.45, 2.75) is 25.7 Å². The van der Waals surface area contributed by atoms with Gasteiger partial charge in [0.05, 0.1) is 0 Å². The van der Waals surface area contributed by atoms with Crippen LogP contribution in [0.1, 0.15) is 25.7 Å². The lowest BCUT2D eigenvalue weighted by Gasteiger charge is -2.06. The molecule has 3 heteroatoms. The minimum Gasteiger partial charge on any atom is -0.374 e. The smallest absolute Gasteiger partial charge is 0.312 e. The van der Waals surface area contributed by atoms with Crippen LogP contribution in [0.3, 0.4) is 0 Å². The van der Waals surface area contributed by atoms with E-state index in [-0.39, 0.29) is 0 Å². The van der Waals surface area contributed by atoms with Gasteiger partial charge in [0.1, 0.15) is 0 Å². The van der Waals surface area contributed by atoms with E-state index in [1.807, 2.05) is 0 Å². The maximum Gasteiger partial charge on any atom is 0.312 e. The molecule has 3 nitrogen and oxygen atoms in total. The highest BCUT2D eigenvalue weighted by atomic mass is 16.7. The van der Waals surface area contributed by atoms with Gasteiger partial charge in [-0.05, 0) is 18.8 Å². The first kappa shape index (κ1) is 7.54. The molecule has 0 unspecified atom stereocenters. The van der Waals surface area contributed by atoms with Gasteiger partial charge in [-0.3, -0.25) is 4.79 Å². The Morgan fingerprint density at radius 1 is 1.50 bits per heavy atom. The van der Waals surface area contributed by atoms with Crippen molar-refractivity contribution < 1.29 is 9.63 Å². The van der Waals surface area contributed by atoms with E-state index in [1.54, 1.807) is 0 Å². The Kier molecular flexibility index (Phi) is 3.22. The van der Waals surface area contributed by atoms with Crippen LogP contribution in [0.5, 0.6) is 0 Å². The molecule has 0 atom stereocenters. The third-order valence-corrected chi connectivity index (χ3v) is 1.98. The summed E-state index contributed by atoms with van der Waals surface area (Å²) in [5.74, 6) is 0.722. The monoisotopic (exact) mass is 143 g/mol. The molecule has 0 heterocycles. The van der Waals surface area contributed by atoms with Crippen LogP contribution < -0.4 is 5.48 Å². The first-order chi connectivity index (χ1) is 4.93. The molecule has 0 bridgehead atoms. The van der Waals surface area contributed by atoms with Crippen molar-refractivity contribution in [1.29, 1.82) is 0 Å². The molecule has 0 aliphatic heterocycles. The number of rotatable bonds is 4. The number of carbonyl (C=O) groups is 1. The molecule has 1 N–H and O–H groups in total. The molecule has 1 rings (SSSR count). The minimum atomic E-state index is 0.426. The summed E-state index contributed by atoms with van der Waals surface area (Å²) in [6.07, 6.45) is 5.20. The summed E-state index contributed by atoms with van der Waals surface area (Å²) in [5, 5.41) is 0. The standard InChI is InChI=1S/C7H13NO2/c9-6-10-8-5-7-3-1-2-4-7/h6-8H,1-5H2. The second kappa shape index (κ2) is 4.28. The highest BCUT2D eigenvalue weighted by molar-refractivity contribution is 5.36. The lowest BCUT2D eigenvalue weighted by Crippen LogP contribution is -2.20. The molecule has 58 valence electrons. The Bertz CT molecular complexity index is 99.8. The van der Waals surface area contributed by atoms with Crippen LogP contribution in [0.25, 0.3) is 0 Å². The lowest BCUT2D eigenvalue weighted by molar-refractivity contribution is -0.135. The van der Waals surface area contributed by atoms with Crippen molar-refractivity contribution in [3.8, 4) is 0 Å². The van der Waals surface area contributed by atoms with Crippen molar-refractivity contribution in [1.82, 2.24) is 5.48 Å². The molecule has 1 aliphatic carbocycles. The fourth-order valence-electron chi connectivity index (χ4n) is 1.41. The van der Waals surface area contributed by atoms with Crippen molar-refractivity contribution in [2.75, 3.05) is 6.54 Å². The van der Waals surface area contributed by atoms with E-state index in [0.29, 0.717) is 6.47 Å². The van der Waals surface area contributed by atoms with E-state index in [1.165, 1.54) is 25.7 Å². The molecule has 1 saturated carbocycles. The van der Waals surface area contributed by atoms with Gasteiger partial charge in [0.15, 0.2) is 0 Å². The van der Waals surface area contributed by atoms with Crippen molar-refractivity contribution >= 4 is 6.47 Å². The molecular weight excluding hydrogens is 130 g/mol. The summed E-state index contributed by atoms with van der Waals surface area (Å²) in [7, 11) is 0. The van der Waals surface area contributed by atoms with Crippen LogP contribution in [-0.2, 0) is 9.63 Å². The van der Waals surface area contributed by atoms with Crippen LogP contribution in [0, 0.1) is 5.92 Å². The number of hydrogen-bond acceptors (Lipinski definition) is 3. The second-order valence-corrected chi connectivity index (χ2v) is 2.71. The van der Waals surface area contributed by atoms with Crippen molar-refractivity contribution in [3.05, 3.63) is 0 Å². The number of carbonyl (C=O) groups excluding carboxylic acids is 1. The molecule has 1 aliphatic rings. The fourth-order valence-corrected chi connectivity index (χ4v) is 1.41. The predicted molar refractivity (Wildman–Crippen MR) is 37.1 cm³/mol. The molecule has 0 amide bonds. The normalized spacial score (nSPS) is 19.2. The van der Waals surface area contributed by atoms with Crippen LogP contribution >= 0.6 is 0 Å². The van der Waals surface area contributed by atoms with E-state index in [2.05, 4.69) is 10.3 Å². The SMILES string of the molecule is O=CONCC1CCCC1. The number of hydrogen-bond donors (Lipinski definition) is 1. The highest BCUT2D eigenvalue weighted by Crippen LogP contribution is 2.23. The summed E-state index contributed by atoms with van der Waals surface area (Å²) in [5.41, 5.74) is 2.61. The van der Waals surface area contributed by atoms with Crippen LogP contribution in [0.15, 0.2) is 0 Å². The van der Waals surface area contributed by atoms with E-state index in [9.17, 15) is 4.79 Å². The zero-order chi connectivity index (χ0) is 7.23. The summed E-state index contributed by atoms with van der Waals surface area (Å²) < 4.78 is 0. The molecule has 0 aromatic carbocycles. The maximum atomic E-state index is 9.69. The molecule has 0 radical (unpaired) electrons. The van der Waals surface area contributed by atoms with Gasteiger partial charge >= 0.3 is 6.47 Å². The average Bonchev–Trinajstić information content (AvgIpc) is 2.41. The first-order valence-corrected chi connectivity index (χ1v) is 3.75. The van der Waals surface area contributed by atoms with E-state index in [4.69, 9.17) is 0 Å². The first-order valence-electron chi connectivity index (χ1n) is 3.75. The van der Waals surface area contributed by atoms with Gasteiger partial charge in [0, 0.05) is 6.54 Å². The minimum absolute atomic E-state index is 0.426. The van der Waals surface area contributed by atoms with Gasteiger partial charge in [-0.25, -0.2) is 0 Å². The largest absolute Gasteiger partial charge is 0.374 e. The summed E-state index contributed by atoms with van der Waals surface area (Å²) >= 11 is 0. The average molecular weight is 143 g/mol. The number of hydroxylamine groups is 1. The van der Waals surface area contributed by atoms with E-state index < -0.39 is 0 Å². The highest BCUT2D eigenvalue weighted by Gasteiger charge is 2.13. The zero-order valence-electron chi connectivity index (χ0n) is 6.01.